The highest BCUT2D eigenvalue weighted by Crippen LogP contribution is 2.32. The fourth-order valence-corrected chi connectivity index (χ4v) is 3.46. The van der Waals surface area contributed by atoms with Crippen LogP contribution in [0.3, 0.4) is 0 Å². The first-order valence-electron chi connectivity index (χ1n) is 7.96. The van der Waals surface area contributed by atoms with Crippen LogP contribution in [0.15, 0.2) is 12.1 Å². The zero-order valence-corrected chi connectivity index (χ0v) is 13.7. The van der Waals surface area contributed by atoms with E-state index < -0.39 is 0 Å². The predicted molar refractivity (Wildman–Crippen MR) is 87.0 cm³/mol. The molecular formula is C18H30N2. The lowest BCUT2D eigenvalue weighted by Crippen LogP contribution is -2.33. The maximum atomic E-state index is 6.12. The number of benzene rings is 1. The van der Waals surface area contributed by atoms with Crippen LogP contribution < -0.4 is 5.73 Å². The summed E-state index contributed by atoms with van der Waals surface area (Å²) in [4.78, 5) is 2.60. The van der Waals surface area contributed by atoms with E-state index in [9.17, 15) is 0 Å². The zero-order valence-electron chi connectivity index (χ0n) is 13.7. The second kappa shape index (κ2) is 6.28. The normalized spacial score (nSPS) is 21.6. The molecule has 1 heterocycles. The van der Waals surface area contributed by atoms with Crippen molar-refractivity contribution in [1.82, 2.24) is 4.90 Å². The first-order valence-corrected chi connectivity index (χ1v) is 7.96. The molecule has 20 heavy (non-hydrogen) atoms. The van der Waals surface area contributed by atoms with Gasteiger partial charge in [-0.3, -0.25) is 4.90 Å². The van der Waals surface area contributed by atoms with Gasteiger partial charge in [-0.05, 0) is 67.8 Å². The fraction of sp³-hybridized carbons (Fsp3) is 0.667. The van der Waals surface area contributed by atoms with Gasteiger partial charge in [0.25, 0.3) is 0 Å². The van der Waals surface area contributed by atoms with Crippen molar-refractivity contribution in [3.05, 3.63) is 34.4 Å². The molecule has 0 amide bonds. The lowest BCUT2D eigenvalue weighted by molar-refractivity contribution is 0.231. The minimum Gasteiger partial charge on any atom is -0.329 e. The molecule has 2 nitrogen and oxygen atoms in total. The van der Waals surface area contributed by atoms with Crippen LogP contribution in [-0.2, 0) is 0 Å². The summed E-state index contributed by atoms with van der Waals surface area (Å²) < 4.78 is 0. The van der Waals surface area contributed by atoms with E-state index in [2.05, 4.69) is 51.7 Å². The zero-order chi connectivity index (χ0) is 14.9. The van der Waals surface area contributed by atoms with E-state index in [-0.39, 0.29) is 0 Å². The van der Waals surface area contributed by atoms with Crippen LogP contribution in [0.25, 0.3) is 0 Å². The molecule has 1 aliphatic heterocycles. The molecule has 2 heteroatoms. The molecule has 0 aromatic heterocycles. The molecule has 1 saturated heterocycles. The molecule has 0 radical (unpaired) electrons. The first kappa shape index (κ1) is 15.5. The Morgan fingerprint density at radius 2 is 1.80 bits per heavy atom. The van der Waals surface area contributed by atoms with E-state index >= 15 is 0 Å². The summed E-state index contributed by atoms with van der Waals surface area (Å²) in [6.07, 6.45) is 1.32. The summed E-state index contributed by atoms with van der Waals surface area (Å²) in [7, 11) is 0. The summed E-state index contributed by atoms with van der Waals surface area (Å²) in [6.45, 7) is 14.4. The van der Waals surface area contributed by atoms with Crippen LogP contribution >= 0.6 is 0 Å². The van der Waals surface area contributed by atoms with E-state index in [1.807, 2.05) is 0 Å². The Balaban J connectivity index is 2.23. The Bertz CT molecular complexity index is 465. The van der Waals surface area contributed by atoms with E-state index in [1.54, 1.807) is 0 Å². The van der Waals surface area contributed by atoms with E-state index in [0.29, 0.717) is 12.6 Å². The number of likely N-dealkylation sites (tertiary alicyclic amines) is 1. The highest BCUT2D eigenvalue weighted by atomic mass is 15.2. The minimum atomic E-state index is 0.387. The second-order valence-electron chi connectivity index (χ2n) is 6.83. The van der Waals surface area contributed by atoms with Crippen molar-refractivity contribution in [2.75, 3.05) is 19.6 Å². The SMILES string of the molecule is Cc1cc(C)c(C(CN)N2CCC(C(C)C)C2)cc1C. The number of rotatable bonds is 4. The summed E-state index contributed by atoms with van der Waals surface area (Å²) in [5, 5.41) is 0. The van der Waals surface area contributed by atoms with Crippen LogP contribution in [-0.4, -0.2) is 24.5 Å². The summed E-state index contributed by atoms with van der Waals surface area (Å²) in [6, 6.07) is 5.05. The van der Waals surface area contributed by atoms with Gasteiger partial charge in [0.1, 0.15) is 0 Å². The topological polar surface area (TPSA) is 29.3 Å². The van der Waals surface area contributed by atoms with Crippen molar-refractivity contribution in [1.29, 1.82) is 0 Å². The summed E-state index contributed by atoms with van der Waals surface area (Å²) in [5.41, 5.74) is 11.7. The molecule has 0 bridgehead atoms. The van der Waals surface area contributed by atoms with Gasteiger partial charge in [-0.25, -0.2) is 0 Å². The molecular weight excluding hydrogens is 244 g/mol. The molecule has 2 N–H and O–H groups in total. The average Bonchev–Trinajstić information content (AvgIpc) is 2.86. The third-order valence-electron chi connectivity index (χ3n) is 5.10. The fourth-order valence-electron chi connectivity index (χ4n) is 3.46. The molecule has 1 fully saturated rings. The third kappa shape index (κ3) is 3.07. The number of nitrogens with two attached hydrogens (primary N) is 1. The molecule has 112 valence electrons. The quantitative estimate of drug-likeness (QED) is 0.909. The predicted octanol–water partition coefficient (Wildman–Crippen LogP) is 3.59. The van der Waals surface area contributed by atoms with Gasteiger partial charge in [0.2, 0.25) is 0 Å². The molecule has 0 aliphatic carbocycles. The molecule has 2 unspecified atom stereocenters. The van der Waals surface area contributed by atoms with Gasteiger partial charge in [0.05, 0.1) is 0 Å². The maximum Gasteiger partial charge on any atom is 0.0473 e. The minimum absolute atomic E-state index is 0.387. The molecule has 2 rings (SSSR count). The van der Waals surface area contributed by atoms with Gasteiger partial charge in [0, 0.05) is 19.1 Å². The van der Waals surface area contributed by atoms with Crippen LogP contribution in [0.1, 0.15) is 48.6 Å². The van der Waals surface area contributed by atoms with Gasteiger partial charge in [0.15, 0.2) is 0 Å². The van der Waals surface area contributed by atoms with Crippen molar-refractivity contribution >= 4 is 0 Å². The van der Waals surface area contributed by atoms with Crippen LogP contribution in [0.4, 0.5) is 0 Å². The van der Waals surface area contributed by atoms with Crippen molar-refractivity contribution in [2.45, 2.75) is 47.1 Å². The molecule has 0 saturated carbocycles. The monoisotopic (exact) mass is 274 g/mol. The van der Waals surface area contributed by atoms with Crippen molar-refractivity contribution in [3.8, 4) is 0 Å². The van der Waals surface area contributed by atoms with E-state index in [1.165, 1.54) is 41.8 Å². The standard InChI is InChI=1S/C18H30N2/c1-12(2)16-6-7-20(11-16)18(10-19)17-9-14(4)13(3)8-15(17)5/h8-9,12,16,18H,6-7,10-11,19H2,1-5H3. The number of hydrogen-bond acceptors (Lipinski definition) is 2. The van der Waals surface area contributed by atoms with Crippen LogP contribution in [0.2, 0.25) is 0 Å². The number of nitrogens with zero attached hydrogens (tertiary/aromatic N) is 1. The largest absolute Gasteiger partial charge is 0.329 e. The Hall–Kier alpha value is -0.860. The van der Waals surface area contributed by atoms with Crippen molar-refractivity contribution < 1.29 is 0 Å². The van der Waals surface area contributed by atoms with Crippen LogP contribution in [0.5, 0.6) is 0 Å². The van der Waals surface area contributed by atoms with Gasteiger partial charge in [-0.2, -0.15) is 0 Å². The lowest BCUT2D eigenvalue weighted by atomic mass is 9.94. The third-order valence-corrected chi connectivity index (χ3v) is 5.10. The molecule has 0 spiro atoms. The van der Waals surface area contributed by atoms with E-state index in [0.717, 1.165) is 11.8 Å². The lowest BCUT2D eigenvalue weighted by Gasteiger charge is -2.29. The second-order valence-corrected chi connectivity index (χ2v) is 6.83. The highest BCUT2D eigenvalue weighted by molar-refractivity contribution is 5.38. The molecule has 1 aromatic carbocycles. The number of aryl methyl sites for hydroxylation is 3. The Morgan fingerprint density at radius 3 is 2.35 bits per heavy atom. The highest BCUT2D eigenvalue weighted by Gasteiger charge is 2.30. The van der Waals surface area contributed by atoms with E-state index in [4.69, 9.17) is 5.73 Å². The molecule has 1 aliphatic rings. The van der Waals surface area contributed by atoms with Crippen LogP contribution in [0, 0.1) is 32.6 Å². The van der Waals surface area contributed by atoms with Gasteiger partial charge >= 0.3 is 0 Å². The van der Waals surface area contributed by atoms with Crippen molar-refractivity contribution in [2.24, 2.45) is 17.6 Å². The Morgan fingerprint density at radius 1 is 1.15 bits per heavy atom. The molecule has 2 atom stereocenters. The van der Waals surface area contributed by atoms with Gasteiger partial charge < -0.3 is 5.73 Å². The van der Waals surface area contributed by atoms with Gasteiger partial charge in [-0.1, -0.05) is 26.0 Å². The number of hydrogen-bond donors (Lipinski definition) is 1. The average molecular weight is 274 g/mol. The summed E-state index contributed by atoms with van der Waals surface area (Å²) in [5.74, 6) is 1.61. The summed E-state index contributed by atoms with van der Waals surface area (Å²) >= 11 is 0. The van der Waals surface area contributed by atoms with Crippen molar-refractivity contribution in [3.63, 3.8) is 0 Å². The Kier molecular flexibility index (Phi) is 4.87. The molecule has 1 aromatic rings. The Labute approximate surface area is 124 Å². The maximum absolute atomic E-state index is 6.12. The van der Waals surface area contributed by atoms with Gasteiger partial charge in [-0.15, -0.1) is 0 Å². The first-order chi connectivity index (χ1) is 9.43. The smallest absolute Gasteiger partial charge is 0.0473 e.